The molecule has 2 aromatic rings. The van der Waals surface area contributed by atoms with E-state index >= 15 is 0 Å². The Morgan fingerprint density at radius 3 is 2.67 bits per heavy atom. The van der Waals surface area contributed by atoms with Crippen molar-refractivity contribution in [2.45, 2.75) is 6.61 Å². The summed E-state index contributed by atoms with van der Waals surface area (Å²) in [6, 6.07) is 5.83. The van der Waals surface area contributed by atoms with Gasteiger partial charge in [-0.2, -0.15) is 0 Å². The van der Waals surface area contributed by atoms with Crippen LogP contribution in [0.5, 0.6) is 5.75 Å². The Kier molecular flexibility index (Phi) is 4.29. The second-order valence-electron chi connectivity index (χ2n) is 3.40. The Balaban J connectivity index is 2.21. The third-order valence-electron chi connectivity index (χ3n) is 2.24. The maximum absolute atomic E-state index is 13.7. The standard InChI is InChI=1S/C12H7Br2F2NO/c13-8-3-4-9(15)7(11(8)16)6-18-10-2-1-5-17-12(10)14/h1-5H,6H2. The number of hydrogen-bond donors (Lipinski definition) is 0. The van der Waals surface area contributed by atoms with Crippen molar-refractivity contribution in [3.8, 4) is 5.75 Å². The molecule has 0 bridgehead atoms. The molecule has 2 nitrogen and oxygen atoms in total. The quantitative estimate of drug-likeness (QED) is 0.581. The molecule has 0 saturated carbocycles. The average Bonchev–Trinajstić information content (AvgIpc) is 2.36. The van der Waals surface area contributed by atoms with Gasteiger partial charge in [-0.3, -0.25) is 0 Å². The Hall–Kier alpha value is -1.01. The number of nitrogens with zero attached hydrogens (tertiary/aromatic N) is 1. The van der Waals surface area contributed by atoms with E-state index in [1.165, 1.54) is 12.1 Å². The first-order chi connectivity index (χ1) is 8.59. The van der Waals surface area contributed by atoms with Crippen molar-refractivity contribution in [2.24, 2.45) is 0 Å². The molecule has 0 N–H and O–H groups in total. The predicted molar refractivity (Wildman–Crippen MR) is 70.3 cm³/mol. The molecule has 0 spiro atoms. The van der Waals surface area contributed by atoms with E-state index in [1.54, 1.807) is 18.3 Å². The van der Waals surface area contributed by atoms with Crippen LogP contribution in [0.2, 0.25) is 0 Å². The van der Waals surface area contributed by atoms with Crippen LogP contribution in [0.3, 0.4) is 0 Å². The van der Waals surface area contributed by atoms with Crippen LogP contribution in [0.4, 0.5) is 8.78 Å². The fourth-order valence-electron chi connectivity index (χ4n) is 1.33. The van der Waals surface area contributed by atoms with Crippen molar-refractivity contribution in [3.63, 3.8) is 0 Å². The van der Waals surface area contributed by atoms with Crippen molar-refractivity contribution in [2.75, 3.05) is 0 Å². The summed E-state index contributed by atoms with van der Waals surface area (Å²) in [6.07, 6.45) is 1.58. The molecule has 1 aromatic heterocycles. The fourth-order valence-corrected chi connectivity index (χ4v) is 2.07. The zero-order valence-electron chi connectivity index (χ0n) is 8.96. The topological polar surface area (TPSA) is 22.1 Å². The van der Waals surface area contributed by atoms with Crippen molar-refractivity contribution in [1.82, 2.24) is 4.98 Å². The van der Waals surface area contributed by atoms with Crippen LogP contribution in [0.1, 0.15) is 5.56 Å². The minimum Gasteiger partial charge on any atom is -0.486 e. The first-order valence-electron chi connectivity index (χ1n) is 4.95. The van der Waals surface area contributed by atoms with Gasteiger partial charge in [-0.25, -0.2) is 13.8 Å². The number of benzene rings is 1. The van der Waals surface area contributed by atoms with E-state index < -0.39 is 11.6 Å². The lowest BCUT2D eigenvalue weighted by molar-refractivity contribution is 0.289. The summed E-state index contributed by atoms with van der Waals surface area (Å²) in [4.78, 5) is 3.95. The summed E-state index contributed by atoms with van der Waals surface area (Å²) in [5.74, 6) is -0.873. The van der Waals surface area contributed by atoms with Gasteiger partial charge in [-0.15, -0.1) is 0 Å². The van der Waals surface area contributed by atoms with Gasteiger partial charge in [0, 0.05) is 6.20 Å². The molecule has 0 saturated heterocycles. The third-order valence-corrected chi connectivity index (χ3v) is 3.44. The Bertz CT molecular complexity index is 578. The zero-order valence-corrected chi connectivity index (χ0v) is 12.1. The van der Waals surface area contributed by atoms with Crippen molar-refractivity contribution in [3.05, 3.63) is 56.7 Å². The van der Waals surface area contributed by atoms with Crippen LogP contribution in [-0.2, 0) is 6.61 Å². The molecule has 0 aliphatic rings. The molecule has 1 heterocycles. The summed E-state index contributed by atoms with van der Waals surface area (Å²) in [5, 5.41) is 0. The van der Waals surface area contributed by atoms with Gasteiger partial charge in [0.1, 0.15) is 22.8 Å². The normalized spacial score (nSPS) is 10.4. The molecule has 6 heteroatoms. The molecule has 0 aliphatic heterocycles. The number of halogens is 4. The lowest BCUT2D eigenvalue weighted by Gasteiger charge is -2.09. The summed E-state index contributed by atoms with van der Waals surface area (Å²) in [5.41, 5.74) is -0.125. The SMILES string of the molecule is Fc1ccc(Br)c(F)c1COc1cccnc1Br. The monoisotopic (exact) mass is 377 g/mol. The minimum absolute atomic E-state index is 0.125. The van der Waals surface area contributed by atoms with Crippen molar-refractivity contribution >= 4 is 31.9 Å². The maximum atomic E-state index is 13.7. The van der Waals surface area contributed by atoms with E-state index in [1.807, 2.05) is 0 Å². The van der Waals surface area contributed by atoms with Gasteiger partial charge < -0.3 is 4.74 Å². The third kappa shape index (κ3) is 2.87. The molecule has 0 atom stereocenters. The van der Waals surface area contributed by atoms with Crippen molar-refractivity contribution in [1.29, 1.82) is 0 Å². The van der Waals surface area contributed by atoms with Gasteiger partial charge in [0.25, 0.3) is 0 Å². The minimum atomic E-state index is -0.657. The first kappa shape index (κ1) is 13.4. The summed E-state index contributed by atoms with van der Waals surface area (Å²) < 4.78 is 33.2. The smallest absolute Gasteiger partial charge is 0.152 e. The molecule has 2 rings (SSSR count). The molecule has 0 amide bonds. The van der Waals surface area contributed by atoms with Crippen LogP contribution in [0.25, 0.3) is 0 Å². The molecule has 1 aromatic carbocycles. The lowest BCUT2D eigenvalue weighted by atomic mass is 10.2. The number of aromatic nitrogens is 1. The van der Waals surface area contributed by atoms with Gasteiger partial charge in [-0.1, -0.05) is 0 Å². The number of rotatable bonds is 3. The lowest BCUT2D eigenvalue weighted by Crippen LogP contribution is -2.03. The molecule has 0 radical (unpaired) electrons. The van der Waals surface area contributed by atoms with Gasteiger partial charge in [0.2, 0.25) is 0 Å². The molecule has 18 heavy (non-hydrogen) atoms. The van der Waals surface area contributed by atoms with Gasteiger partial charge in [0.15, 0.2) is 5.75 Å². The highest BCUT2D eigenvalue weighted by atomic mass is 79.9. The van der Waals surface area contributed by atoms with E-state index in [0.717, 1.165) is 0 Å². The van der Waals surface area contributed by atoms with Crippen LogP contribution in [0.15, 0.2) is 39.5 Å². The second-order valence-corrected chi connectivity index (χ2v) is 5.01. The Morgan fingerprint density at radius 1 is 1.17 bits per heavy atom. The van der Waals surface area contributed by atoms with Crippen LogP contribution < -0.4 is 4.74 Å². The molecule has 0 unspecified atom stereocenters. The van der Waals surface area contributed by atoms with Gasteiger partial charge in [-0.05, 0) is 56.1 Å². The second kappa shape index (κ2) is 5.75. The van der Waals surface area contributed by atoms with Gasteiger partial charge >= 0.3 is 0 Å². The number of ether oxygens (including phenoxy) is 1. The molecular formula is C12H7Br2F2NO. The predicted octanol–water partition coefficient (Wildman–Crippen LogP) is 4.46. The highest BCUT2D eigenvalue weighted by Gasteiger charge is 2.13. The van der Waals surface area contributed by atoms with Crippen LogP contribution in [-0.4, -0.2) is 4.98 Å². The number of pyridine rings is 1. The summed E-state index contributed by atoms with van der Waals surface area (Å²) in [7, 11) is 0. The molecule has 0 fully saturated rings. The summed E-state index contributed by atoms with van der Waals surface area (Å²) in [6.45, 7) is -0.207. The van der Waals surface area contributed by atoms with Crippen molar-refractivity contribution < 1.29 is 13.5 Å². The van der Waals surface area contributed by atoms with Gasteiger partial charge in [0.05, 0.1) is 10.0 Å². The van der Waals surface area contributed by atoms with Crippen LogP contribution >= 0.6 is 31.9 Å². The molecule has 94 valence electrons. The van der Waals surface area contributed by atoms with E-state index in [-0.39, 0.29) is 16.6 Å². The van der Waals surface area contributed by atoms with E-state index in [4.69, 9.17) is 4.74 Å². The highest BCUT2D eigenvalue weighted by Crippen LogP contribution is 2.25. The Morgan fingerprint density at radius 2 is 1.94 bits per heavy atom. The largest absolute Gasteiger partial charge is 0.486 e. The zero-order chi connectivity index (χ0) is 13.1. The highest BCUT2D eigenvalue weighted by molar-refractivity contribution is 9.10. The molecular weight excluding hydrogens is 372 g/mol. The molecule has 0 aliphatic carbocycles. The van der Waals surface area contributed by atoms with Crippen LogP contribution in [0, 0.1) is 11.6 Å². The first-order valence-corrected chi connectivity index (χ1v) is 6.54. The van der Waals surface area contributed by atoms with E-state index in [9.17, 15) is 8.78 Å². The average molecular weight is 379 g/mol. The van der Waals surface area contributed by atoms with E-state index in [2.05, 4.69) is 36.8 Å². The Labute approximate surface area is 119 Å². The summed E-state index contributed by atoms with van der Waals surface area (Å²) >= 11 is 6.19. The van der Waals surface area contributed by atoms with E-state index in [0.29, 0.717) is 10.4 Å². The fraction of sp³-hybridized carbons (Fsp3) is 0.0833. The number of hydrogen-bond acceptors (Lipinski definition) is 2. The maximum Gasteiger partial charge on any atom is 0.152 e.